The highest BCUT2D eigenvalue weighted by Gasteiger charge is 2.25. The van der Waals surface area contributed by atoms with Crippen molar-refractivity contribution in [1.29, 1.82) is 0 Å². The second-order valence-corrected chi connectivity index (χ2v) is 8.55. The van der Waals surface area contributed by atoms with Gasteiger partial charge in [-0.3, -0.25) is 14.4 Å². The van der Waals surface area contributed by atoms with Gasteiger partial charge in [-0.2, -0.15) is 5.10 Å². The number of nitrogens with zero attached hydrogens (tertiary/aromatic N) is 2. The third kappa shape index (κ3) is 5.92. The SMILES string of the molecule is CCCCCn1nc(C(=O)OCC(=O)Nc2ccccc2C(=O)NC2CC2)c2ccccc2c1=O. The van der Waals surface area contributed by atoms with Gasteiger partial charge in [0.25, 0.3) is 17.4 Å². The number of rotatable bonds is 10. The van der Waals surface area contributed by atoms with Gasteiger partial charge in [0.15, 0.2) is 12.3 Å². The zero-order chi connectivity index (χ0) is 24.8. The largest absolute Gasteiger partial charge is 0.451 e. The smallest absolute Gasteiger partial charge is 0.359 e. The molecular weight excluding hydrogens is 448 g/mol. The number of para-hydroxylation sites is 1. The molecule has 9 nitrogen and oxygen atoms in total. The molecule has 1 aliphatic rings. The van der Waals surface area contributed by atoms with Crippen LogP contribution in [-0.4, -0.2) is 40.2 Å². The molecule has 2 aromatic carbocycles. The van der Waals surface area contributed by atoms with E-state index >= 15 is 0 Å². The predicted molar refractivity (Wildman–Crippen MR) is 131 cm³/mol. The monoisotopic (exact) mass is 476 g/mol. The minimum absolute atomic E-state index is 0.0197. The van der Waals surface area contributed by atoms with Crippen LogP contribution in [0.4, 0.5) is 5.69 Å². The molecule has 0 radical (unpaired) electrons. The molecule has 0 atom stereocenters. The first-order valence-electron chi connectivity index (χ1n) is 11.8. The first-order chi connectivity index (χ1) is 17.0. The highest BCUT2D eigenvalue weighted by Crippen LogP contribution is 2.21. The zero-order valence-corrected chi connectivity index (χ0v) is 19.6. The first-order valence-corrected chi connectivity index (χ1v) is 11.8. The van der Waals surface area contributed by atoms with Crippen LogP contribution in [0.25, 0.3) is 10.8 Å². The molecule has 4 rings (SSSR count). The summed E-state index contributed by atoms with van der Waals surface area (Å²) in [6.07, 6.45) is 4.57. The number of amides is 2. The zero-order valence-electron chi connectivity index (χ0n) is 19.6. The van der Waals surface area contributed by atoms with Crippen molar-refractivity contribution in [2.75, 3.05) is 11.9 Å². The standard InChI is InChI=1S/C26H28N4O5/c1-2-3-8-15-30-25(33)19-10-5-4-9-18(19)23(29-30)26(34)35-16-22(31)28-21-12-7-6-11-20(21)24(32)27-17-13-14-17/h4-7,9-12,17H,2-3,8,13-16H2,1H3,(H,27,32)(H,28,31). The minimum atomic E-state index is -0.805. The Bertz CT molecular complexity index is 1310. The van der Waals surface area contributed by atoms with Crippen LogP contribution >= 0.6 is 0 Å². The highest BCUT2D eigenvalue weighted by atomic mass is 16.5. The lowest BCUT2D eigenvalue weighted by molar-refractivity contribution is -0.119. The Balaban J connectivity index is 1.46. The Morgan fingerprint density at radius 1 is 1.03 bits per heavy atom. The van der Waals surface area contributed by atoms with Crippen LogP contribution in [0.3, 0.4) is 0 Å². The second-order valence-electron chi connectivity index (χ2n) is 8.55. The van der Waals surface area contributed by atoms with E-state index in [9.17, 15) is 19.2 Å². The van der Waals surface area contributed by atoms with E-state index in [-0.39, 0.29) is 23.2 Å². The van der Waals surface area contributed by atoms with Crippen molar-refractivity contribution < 1.29 is 19.1 Å². The fourth-order valence-electron chi connectivity index (χ4n) is 3.72. The number of carbonyl (C=O) groups excluding carboxylic acids is 3. The number of benzene rings is 2. The van der Waals surface area contributed by atoms with Gasteiger partial charge in [0.1, 0.15) is 0 Å². The maximum Gasteiger partial charge on any atom is 0.359 e. The number of fused-ring (bicyclic) bond motifs is 1. The number of hydrogen-bond donors (Lipinski definition) is 2. The average Bonchev–Trinajstić information content (AvgIpc) is 3.68. The number of nitrogens with one attached hydrogen (secondary N) is 2. The lowest BCUT2D eigenvalue weighted by atomic mass is 10.1. The quantitative estimate of drug-likeness (QED) is 0.342. The highest BCUT2D eigenvalue weighted by molar-refractivity contribution is 6.05. The summed E-state index contributed by atoms with van der Waals surface area (Å²) in [6.45, 7) is 1.88. The summed E-state index contributed by atoms with van der Waals surface area (Å²) >= 11 is 0. The van der Waals surface area contributed by atoms with Gasteiger partial charge < -0.3 is 15.4 Å². The molecule has 1 aromatic heterocycles. The molecule has 1 aliphatic carbocycles. The van der Waals surface area contributed by atoms with Gasteiger partial charge >= 0.3 is 5.97 Å². The molecule has 35 heavy (non-hydrogen) atoms. The number of anilines is 1. The molecule has 1 saturated carbocycles. The van der Waals surface area contributed by atoms with Crippen LogP contribution < -0.4 is 16.2 Å². The molecular formula is C26H28N4O5. The number of aryl methyl sites for hydroxylation is 1. The minimum Gasteiger partial charge on any atom is -0.451 e. The van der Waals surface area contributed by atoms with Crippen LogP contribution in [0.1, 0.15) is 59.9 Å². The lowest BCUT2D eigenvalue weighted by Gasteiger charge is -2.12. The topological polar surface area (TPSA) is 119 Å². The fraction of sp³-hybridized carbons (Fsp3) is 0.346. The van der Waals surface area contributed by atoms with E-state index in [2.05, 4.69) is 22.7 Å². The van der Waals surface area contributed by atoms with Crippen LogP contribution in [-0.2, 0) is 16.1 Å². The molecule has 2 N–H and O–H groups in total. The summed E-state index contributed by atoms with van der Waals surface area (Å²) in [4.78, 5) is 50.6. The van der Waals surface area contributed by atoms with Crippen molar-refractivity contribution >= 4 is 34.2 Å². The number of esters is 1. The van der Waals surface area contributed by atoms with E-state index < -0.39 is 18.5 Å². The molecule has 1 heterocycles. The van der Waals surface area contributed by atoms with Crippen molar-refractivity contribution in [3.8, 4) is 0 Å². The van der Waals surface area contributed by atoms with Gasteiger partial charge in [0.05, 0.1) is 16.6 Å². The summed E-state index contributed by atoms with van der Waals surface area (Å²) in [5.74, 6) is -1.66. The number of aromatic nitrogens is 2. The van der Waals surface area contributed by atoms with Crippen LogP contribution in [0.5, 0.6) is 0 Å². The van der Waals surface area contributed by atoms with Crippen molar-refractivity contribution in [3.63, 3.8) is 0 Å². The Kier molecular flexibility index (Phi) is 7.54. The Morgan fingerprint density at radius 3 is 2.49 bits per heavy atom. The number of ether oxygens (including phenoxy) is 1. The molecule has 1 fully saturated rings. The summed E-state index contributed by atoms with van der Waals surface area (Å²) in [6, 6.07) is 13.5. The average molecular weight is 477 g/mol. The van der Waals surface area contributed by atoms with Gasteiger partial charge in [-0.1, -0.05) is 50.1 Å². The Hall–Kier alpha value is -4.01. The molecule has 0 spiro atoms. The fourth-order valence-corrected chi connectivity index (χ4v) is 3.72. The lowest BCUT2D eigenvalue weighted by Crippen LogP contribution is -2.29. The number of carbonyl (C=O) groups is 3. The summed E-state index contributed by atoms with van der Waals surface area (Å²) in [7, 11) is 0. The van der Waals surface area contributed by atoms with E-state index in [0.29, 0.717) is 28.6 Å². The van der Waals surface area contributed by atoms with Crippen molar-refractivity contribution in [3.05, 3.63) is 70.1 Å². The van der Waals surface area contributed by atoms with Gasteiger partial charge in [-0.15, -0.1) is 0 Å². The van der Waals surface area contributed by atoms with E-state index in [1.165, 1.54) is 4.68 Å². The summed E-state index contributed by atoms with van der Waals surface area (Å²) in [5, 5.41) is 10.5. The first kappa shape index (κ1) is 24.1. The third-order valence-electron chi connectivity index (χ3n) is 5.73. The van der Waals surface area contributed by atoms with Gasteiger partial charge in [-0.25, -0.2) is 9.48 Å². The van der Waals surface area contributed by atoms with Crippen LogP contribution in [0.2, 0.25) is 0 Å². The van der Waals surface area contributed by atoms with E-state index in [1.54, 1.807) is 48.5 Å². The predicted octanol–water partition coefficient (Wildman–Crippen LogP) is 3.27. The van der Waals surface area contributed by atoms with Crippen LogP contribution in [0, 0.1) is 0 Å². The molecule has 0 bridgehead atoms. The van der Waals surface area contributed by atoms with Crippen molar-refractivity contribution in [2.45, 2.75) is 51.6 Å². The molecule has 0 saturated heterocycles. The van der Waals surface area contributed by atoms with E-state index in [1.807, 2.05) is 0 Å². The summed E-state index contributed by atoms with van der Waals surface area (Å²) < 4.78 is 6.52. The normalized spacial score (nSPS) is 12.8. The van der Waals surface area contributed by atoms with Crippen LogP contribution in [0.15, 0.2) is 53.3 Å². The molecule has 3 aromatic rings. The molecule has 0 aliphatic heterocycles. The third-order valence-corrected chi connectivity index (χ3v) is 5.73. The maximum absolute atomic E-state index is 12.9. The summed E-state index contributed by atoms with van der Waals surface area (Å²) in [5.41, 5.74) is 0.381. The second kappa shape index (κ2) is 10.9. The molecule has 182 valence electrons. The number of hydrogen-bond acceptors (Lipinski definition) is 6. The maximum atomic E-state index is 12.9. The van der Waals surface area contributed by atoms with Crippen molar-refractivity contribution in [1.82, 2.24) is 15.1 Å². The molecule has 2 amide bonds. The van der Waals surface area contributed by atoms with Gasteiger partial charge in [-0.05, 0) is 37.5 Å². The van der Waals surface area contributed by atoms with Gasteiger partial charge in [0.2, 0.25) is 0 Å². The number of unbranched alkanes of at least 4 members (excludes halogenated alkanes) is 2. The Morgan fingerprint density at radius 2 is 1.74 bits per heavy atom. The van der Waals surface area contributed by atoms with E-state index in [0.717, 1.165) is 32.1 Å². The van der Waals surface area contributed by atoms with E-state index in [4.69, 9.17) is 4.74 Å². The Labute approximate surface area is 202 Å². The molecule has 9 heteroatoms. The van der Waals surface area contributed by atoms with Gasteiger partial charge in [0, 0.05) is 18.0 Å². The van der Waals surface area contributed by atoms with Crippen molar-refractivity contribution in [2.24, 2.45) is 0 Å². The molecule has 0 unspecified atom stereocenters.